The Hall–Kier alpha value is -4.13. The predicted molar refractivity (Wildman–Crippen MR) is 175 cm³/mol. The number of aromatic nitrogens is 5. The van der Waals surface area contributed by atoms with E-state index < -0.39 is 5.91 Å². The van der Waals surface area contributed by atoms with Crippen molar-refractivity contribution >= 4 is 40.1 Å². The van der Waals surface area contributed by atoms with Crippen molar-refractivity contribution in [3.8, 4) is 16.9 Å². The van der Waals surface area contributed by atoms with Crippen molar-refractivity contribution in [2.75, 3.05) is 37.8 Å². The molecule has 3 aromatic heterocycles. The third kappa shape index (κ3) is 5.41. The molecule has 0 unspecified atom stereocenters. The summed E-state index contributed by atoms with van der Waals surface area (Å²) in [5, 5.41) is 6.12. The number of benzene rings is 1. The number of rotatable bonds is 8. The number of primary amides is 1. The fourth-order valence-corrected chi connectivity index (χ4v) is 7.42. The lowest BCUT2D eigenvalue weighted by Gasteiger charge is -2.51. The number of amides is 2. The van der Waals surface area contributed by atoms with Crippen LogP contribution in [0.15, 0.2) is 36.8 Å². The molecule has 1 aromatic carbocycles. The summed E-state index contributed by atoms with van der Waals surface area (Å²) >= 11 is 5.97. The minimum absolute atomic E-state index is 0.0984. The minimum Gasteiger partial charge on any atom is -0.482 e. The standard InChI is InChI=1S/C34H37ClN8O4/c1-19-14-41(34(2)17-46-18-34)8-7-25(19)43-33-23(13-39-43)30(31(32(36)45)24(40-33)9-20-3-4-20)21-5-6-26-27(10-21)47-16-29(44)42(26)15-28-37-11-22(35)12-38-28/h5-6,10-13,19-20,25H,3-4,7-9,14-18H2,1-2H3,(H2,36,45)/t19-,25-/m1/s1. The van der Waals surface area contributed by atoms with Crippen LogP contribution >= 0.6 is 11.6 Å². The van der Waals surface area contributed by atoms with Gasteiger partial charge in [0.1, 0.15) is 11.6 Å². The molecule has 12 nitrogen and oxygen atoms in total. The first-order valence-corrected chi connectivity index (χ1v) is 16.6. The molecule has 3 fully saturated rings. The number of anilines is 1. The number of fused-ring (bicyclic) bond motifs is 2. The normalized spacial score (nSPS) is 22.5. The zero-order chi connectivity index (χ0) is 32.4. The number of halogens is 1. The van der Waals surface area contributed by atoms with Crippen molar-refractivity contribution in [3.63, 3.8) is 0 Å². The maximum atomic E-state index is 13.2. The highest BCUT2D eigenvalue weighted by molar-refractivity contribution is 6.30. The number of nitrogens with two attached hydrogens (primary N) is 1. The molecule has 2 atom stereocenters. The number of hydrogen-bond donors (Lipinski definition) is 1. The molecule has 2 N–H and O–H groups in total. The fourth-order valence-electron chi connectivity index (χ4n) is 7.32. The maximum Gasteiger partial charge on any atom is 0.265 e. The van der Waals surface area contributed by atoms with Crippen LogP contribution in [0.3, 0.4) is 0 Å². The molecule has 3 aliphatic heterocycles. The van der Waals surface area contributed by atoms with Gasteiger partial charge >= 0.3 is 0 Å². The van der Waals surface area contributed by atoms with Crippen LogP contribution in [0, 0.1) is 11.8 Å². The Morgan fingerprint density at radius 1 is 1.15 bits per heavy atom. The summed E-state index contributed by atoms with van der Waals surface area (Å²) in [6, 6.07) is 5.77. The van der Waals surface area contributed by atoms with E-state index in [1.165, 1.54) is 12.4 Å². The number of carbonyl (C=O) groups is 2. The third-order valence-corrected chi connectivity index (χ3v) is 10.4. The summed E-state index contributed by atoms with van der Waals surface area (Å²) in [4.78, 5) is 44.0. The van der Waals surface area contributed by atoms with E-state index in [0.717, 1.165) is 62.2 Å². The van der Waals surface area contributed by atoms with Crippen molar-refractivity contribution in [3.05, 3.63) is 58.9 Å². The third-order valence-electron chi connectivity index (χ3n) is 10.2. The number of piperidine rings is 1. The number of pyridine rings is 1. The van der Waals surface area contributed by atoms with Gasteiger partial charge in [-0.25, -0.2) is 19.6 Å². The Morgan fingerprint density at radius 2 is 1.94 bits per heavy atom. The monoisotopic (exact) mass is 656 g/mol. The molecule has 2 amide bonds. The first kappa shape index (κ1) is 30.2. The van der Waals surface area contributed by atoms with Gasteiger partial charge in [-0.1, -0.05) is 24.6 Å². The molecule has 1 aliphatic carbocycles. The highest BCUT2D eigenvalue weighted by Crippen LogP contribution is 2.43. The van der Waals surface area contributed by atoms with Gasteiger partial charge in [0.05, 0.1) is 59.5 Å². The summed E-state index contributed by atoms with van der Waals surface area (Å²) < 4.78 is 13.6. The number of ether oxygens (including phenoxy) is 2. The zero-order valence-corrected chi connectivity index (χ0v) is 27.2. The Morgan fingerprint density at radius 3 is 2.62 bits per heavy atom. The van der Waals surface area contributed by atoms with Crippen LogP contribution in [0.1, 0.15) is 61.0 Å². The van der Waals surface area contributed by atoms with Gasteiger partial charge in [0.25, 0.3) is 11.8 Å². The molecule has 8 rings (SSSR count). The van der Waals surface area contributed by atoms with Crippen LogP contribution in [0.4, 0.5) is 5.69 Å². The summed E-state index contributed by atoms with van der Waals surface area (Å²) in [5.41, 5.74) is 10.2. The first-order chi connectivity index (χ1) is 22.7. The van der Waals surface area contributed by atoms with Crippen LogP contribution in [0.2, 0.25) is 5.02 Å². The molecular formula is C34H37ClN8O4. The summed E-state index contributed by atoms with van der Waals surface area (Å²) in [7, 11) is 0. The number of carbonyl (C=O) groups excluding carboxylic acids is 2. The van der Waals surface area contributed by atoms with E-state index >= 15 is 0 Å². The van der Waals surface area contributed by atoms with E-state index in [1.807, 2.05) is 24.4 Å². The van der Waals surface area contributed by atoms with Gasteiger partial charge in [0.15, 0.2) is 12.3 Å². The molecule has 1 saturated carbocycles. The minimum atomic E-state index is -0.522. The molecule has 13 heteroatoms. The van der Waals surface area contributed by atoms with Crippen molar-refractivity contribution in [1.29, 1.82) is 0 Å². The number of likely N-dealkylation sites (tertiary alicyclic amines) is 1. The number of nitrogens with zero attached hydrogens (tertiary/aromatic N) is 7. The van der Waals surface area contributed by atoms with Gasteiger partial charge in [-0.2, -0.15) is 5.10 Å². The Bertz CT molecular complexity index is 1890. The Kier molecular flexibility index (Phi) is 7.42. The lowest BCUT2D eigenvalue weighted by atomic mass is 9.88. The van der Waals surface area contributed by atoms with Crippen LogP contribution in [0.5, 0.6) is 5.75 Å². The average Bonchev–Trinajstić information content (AvgIpc) is 3.77. The number of hydrogen-bond acceptors (Lipinski definition) is 9. The molecule has 4 aliphatic rings. The molecule has 6 heterocycles. The largest absolute Gasteiger partial charge is 0.482 e. The summed E-state index contributed by atoms with van der Waals surface area (Å²) in [5.74, 6) is 1.06. The molecule has 0 bridgehead atoms. The topological polar surface area (TPSA) is 142 Å². The van der Waals surface area contributed by atoms with E-state index in [4.69, 9.17) is 36.9 Å². The van der Waals surface area contributed by atoms with Crippen LogP contribution in [-0.4, -0.2) is 79.9 Å². The van der Waals surface area contributed by atoms with E-state index in [1.54, 1.807) is 4.90 Å². The SMILES string of the molecule is C[C@@H]1CN(C2(C)COC2)CC[C@H]1n1ncc2c(-c3ccc4c(c3)OCC(=O)N4Cc3ncc(Cl)cn3)c(C(N)=O)c(CC3CC3)nc21. The Labute approximate surface area is 277 Å². The van der Waals surface area contributed by atoms with Gasteiger partial charge in [-0.15, -0.1) is 0 Å². The second-order valence-corrected chi connectivity index (χ2v) is 14.1. The van der Waals surface area contributed by atoms with Gasteiger partial charge in [-0.05, 0) is 62.1 Å². The highest BCUT2D eigenvalue weighted by atomic mass is 35.5. The Balaban J connectivity index is 1.20. The van der Waals surface area contributed by atoms with E-state index in [0.29, 0.717) is 57.4 Å². The molecule has 0 spiro atoms. The fraction of sp³-hybridized carbons (Fsp3) is 0.471. The van der Waals surface area contributed by atoms with E-state index in [9.17, 15) is 9.59 Å². The van der Waals surface area contributed by atoms with Gasteiger partial charge in [0.2, 0.25) is 0 Å². The van der Waals surface area contributed by atoms with Crippen LogP contribution in [0.25, 0.3) is 22.2 Å². The van der Waals surface area contributed by atoms with E-state index in [2.05, 4.69) is 33.4 Å². The second-order valence-electron chi connectivity index (χ2n) is 13.7. The highest BCUT2D eigenvalue weighted by Gasteiger charge is 2.43. The van der Waals surface area contributed by atoms with Gasteiger partial charge < -0.3 is 15.2 Å². The molecule has 47 heavy (non-hydrogen) atoms. The smallest absolute Gasteiger partial charge is 0.265 e. The lowest BCUT2D eigenvalue weighted by molar-refractivity contribution is -0.143. The van der Waals surface area contributed by atoms with E-state index in [-0.39, 0.29) is 30.6 Å². The molecule has 2 saturated heterocycles. The van der Waals surface area contributed by atoms with Gasteiger partial charge in [-0.3, -0.25) is 19.4 Å². The lowest BCUT2D eigenvalue weighted by Crippen LogP contribution is -2.63. The first-order valence-electron chi connectivity index (χ1n) is 16.3. The summed E-state index contributed by atoms with van der Waals surface area (Å²) in [6.45, 7) is 8.03. The second kappa shape index (κ2) is 11.5. The van der Waals surface area contributed by atoms with Gasteiger partial charge in [0, 0.05) is 36.4 Å². The average molecular weight is 657 g/mol. The molecule has 244 valence electrons. The van der Waals surface area contributed by atoms with Crippen molar-refractivity contribution < 1.29 is 19.1 Å². The molecular weight excluding hydrogens is 620 g/mol. The quantitative estimate of drug-likeness (QED) is 0.295. The zero-order valence-electron chi connectivity index (χ0n) is 26.5. The maximum absolute atomic E-state index is 13.2. The molecule has 0 radical (unpaired) electrons. The van der Waals surface area contributed by atoms with Crippen LogP contribution < -0.4 is 15.4 Å². The van der Waals surface area contributed by atoms with Crippen LogP contribution in [-0.2, 0) is 22.5 Å². The van der Waals surface area contributed by atoms with Crippen molar-refractivity contribution in [1.82, 2.24) is 29.6 Å². The summed E-state index contributed by atoms with van der Waals surface area (Å²) in [6.07, 6.45) is 8.67. The molecule has 4 aromatic rings. The van der Waals surface area contributed by atoms with Crippen molar-refractivity contribution in [2.45, 2.75) is 57.7 Å². The van der Waals surface area contributed by atoms with Crippen molar-refractivity contribution in [2.24, 2.45) is 17.6 Å². The predicted octanol–water partition coefficient (Wildman–Crippen LogP) is 4.19.